The molecule has 0 aromatic rings. The lowest BCUT2D eigenvalue weighted by atomic mass is 10.2. The van der Waals surface area contributed by atoms with Crippen molar-refractivity contribution in [2.24, 2.45) is 0 Å². The largest absolute Gasteiger partial charge is 0.414 e. The van der Waals surface area contributed by atoms with Crippen LogP contribution in [0.1, 0.15) is 12.8 Å². The van der Waals surface area contributed by atoms with E-state index >= 15 is 0 Å². The lowest BCUT2D eigenvalue weighted by Gasteiger charge is -2.11. The monoisotopic (exact) mass is 152 g/mol. The Bertz CT molecular complexity index is 133. The summed E-state index contributed by atoms with van der Waals surface area (Å²) in [7, 11) is 0. The van der Waals surface area contributed by atoms with Crippen LogP contribution in [0.2, 0.25) is 0 Å². The second kappa shape index (κ2) is 3.47. The third kappa shape index (κ3) is 3.36. The van der Waals surface area contributed by atoms with Gasteiger partial charge in [0.25, 0.3) is 0 Å². The van der Waals surface area contributed by atoms with Crippen LogP contribution < -0.4 is 0 Å². The number of halogens is 3. The van der Waals surface area contributed by atoms with Crippen LogP contribution in [0, 0.1) is 12.3 Å². The van der Waals surface area contributed by atoms with E-state index in [1.54, 1.807) is 0 Å². The molecule has 0 spiro atoms. The van der Waals surface area contributed by atoms with Gasteiger partial charge in [0, 0.05) is 6.42 Å². The molecule has 0 radical (unpaired) electrons. The summed E-state index contributed by atoms with van der Waals surface area (Å²) in [5.41, 5.74) is 0. The molecule has 1 nitrogen and oxygen atoms in total. The van der Waals surface area contributed by atoms with Crippen molar-refractivity contribution < 1.29 is 18.3 Å². The van der Waals surface area contributed by atoms with Crippen LogP contribution in [0.3, 0.4) is 0 Å². The Morgan fingerprint density at radius 2 is 2.00 bits per heavy atom. The minimum absolute atomic E-state index is 0.0549. The standard InChI is InChI=1S/C6H7F3O/c1-2-3-4-5(10)6(7,8)9/h1,5,10H,3-4H2/t5-/m0/s1. The predicted molar refractivity (Wildman–Crippen MR) is 30.1 cm³/mol. The zero-order valence-corrected chi connectivity index (χ0v) is 5.15. The maximum absolute atomic E-state index is 11.5. The van der Waals surface area contributed by atoms with E-state index in [9.17, 15) is 13.2 Å². The fraction of sp³-hybridized carbons (Fsp3) is 0.667. The summed E-state index contributed by atoms with van der Waals surface area (Å²) >= 11 is 0. The Morgan fingerprint density at radius 3 is 2.30 bits per heavy atom. The molecular weight excluding hydrogens is 145 g/mol. The summed E-state index contributed by atoms with van der Waals surface area (Å²) in [5, 5.41) is 8.30. The summed E-state index contributed by atoms with van der Waals surface area (Å²) in [4.78, 5) is 0. The first kappa shape index (κ1) is 9.31. The normalized spacial score (nSPS) is 14.3. The molecule has 0 aromatic carbocycles. The molecule has 0 unspecified atom stereocenters. The highest BCUT2D eigenvalue weighted by Gasteiger charge is 2.37. The molecule has 0 fully saturated rings. The molecular formula is C6H7F3O. The van der Waals surface area contributed by atoms with Gasteiger partial charge < -0.3 is 5.11 Å². The van der Waals surface area contributed by atoms with Gasteiger partial charge in [-0.25, -0.2) is 0 Å². The van der Waals surface area contributed by atoms with Crippen LogP contribution in [-0.4, -0.2) is 17.4 Å². The van der Waals surface area contributed by atoms with E-state index in [0.29, 0.717) is 0 Å². The summed E-state index contributed by atoms with van der Waals surface area (Å²) in [5.74, 6) is 2.01. The van der Waals surface area contributed by atoms with Crippen LogP contribution >= 0.6 is 0 Å². The van der Waals surface area contributed by atoms with Gasteiger partial charge >= 0.3 is 6.18 Å². The topological polar surface area (TPSA) is 20.2 Å². The number of hydrogen-bond acceptors (Lipinski definition) is 1. The van der Waals surface area contributed by atoms with Crippen molar-refractivity contribution in [3.63, 3.8) is 0 Å². The van der Waals surface area contributed by atoms with Gasteiger partial charge in [-0.1, -0.05) is 0 Å². The summed E-state index contributed by atoms with van der Waals surface area (Å²) in [6.45, 7) is 0. The van der Waals surface area contributed by atoms with Crippen molar-refractivity contribution in [2.45, 2.75) is 25.1 Å². The maximum atomic E-state index is 11.5. The third-order valence-corrected chi connectivity index (χ3v) is 0.940. The molecule has 0 aromatic heterocycles. The second-order valence-corrected chi connectivity index (χ2v) is 1.80. The van der Waals surface area contributed by atoms with Crippen molar-refractivity contribution in [3.05, 3.63) is 0 Å². The Kier molecular flexibility index (Phi) is 3.23. The molecule has 4 heteroatoms. The molecule has 0 bridgehead atoms. The first-order valence-electron chi connectivity index (χ1n) is 2.66. The van der Waals surface area contributed by atoms with Crippen LogP contribution in [0.5, 0.6) is 0 Å². The summed E-state index contributed by atoms with van der Waals surface area (Å²) in [6, 6.07) is 0. The zero-order chi connectivity index (χ0) is 8.20. The van der Waals surface area contributed by atoms with Crippen LogP contribution in [0.15, 0.2) is 0 Å². The van der Waals surface area contributed by atoms with Gasteiger partial charge in [-0.05, 0) is 6.42 Å². The average Bonchev–Trinajstić information content (AvgIpc) is 1.80. The van der Waals surface area contributed by atoms with E-state index in [1.165, 1.54) is 0 Å². The van der Waals surface area contributed by atoms with E-state index < -0.39 is 18.7 Å². The first-order chi connectivity index (χ1) is 4.48. The second-order valence-electron chi connectivity index (χ2n) is 1.80. The van der Waals surface area contributed by atoms with Gasteiger partial charge in [0.05, 0.1) is 0 Å². The number of terminal acetylenes is 1. The van der Waals surface area contributed by atoms with Gasteiger partial charge in [0.1, 0.15) is 0 Å². The molecule has 0 aliphatic heterocycles. The number of aliphatic hydroxyl groups is 1. The highest BCUT2D eigenvalue weighted by Crippen LogP contribution is 2.22. The van der Waals surface area contributed by atoms with E-state index in [0.717, 1.165) is 0 Å². The summed E-state index contributed by atoms with van der Waals surface area (Å²) < 4.78 is 34.4. The maximum Gasteiger partial charge on any atom is 0.414 e. The molecule has 1 N–H and O–H groups in total. The van der Waals surface area contributed by atoms with Crippen LogP contribution in [0.4, 0.5) is 13.2 Å². The Balaban J connectivity index is 3.65. The average molecular weight is 152 g/mol. The van der Waals surface area contributed by atoms with Gasteiger partial charge in [-0.2, -0.15) is 13.2 Å². The zero-order valence-electron chi connectivity index (χ0n) is 5.15. The molecule has 0 saturated heterocycles. The highest BCUT2D eigenvalue weighted by atomic mass is 19.4. The van der Waals surface area contributed by atoms with E-state index in [4.69, 9.17) is 11.5 Å². The van der Waals surface area contributed by atoms with Crippen molar-refractivity contribution >= 4 is 0 Å². The fourth-order valence-corrected chi connectivity index (χ4v) is 0.384. The quantitative estimate of drug-likeness (QED) is 0.591. The van der Waals surface area contributed by atoms with Crippen LogP contribution in [-0.2, 0) is 0 Å². The van der Waals surface area contributed by atoms with Gasteiger partial charge in [-0.3, -0.25) is 0 Å². The lowest BCUT2D eigenvalue weighted by molar-refractivity contribution is -0.204. The lowest BCUT2D eigenvalue weighted by Crippen LogP contribution is -2.27. The highest BCUT2D eigenvalue weighted by molar-refractivity contribution is 4.85. The van der Waals surface area contributed by atoms with Gasteiger partial charge in [-0.15, -0.1) is 12.3 Å². The first-order valence-corrected chi connectivity index (χ1v) is 2.66. The molecule has 0 aliphatic carbocycles. The SMILES string of the molecule is C#CCC[C@H](O)C(F)(F)F. The van der Waals surface area contributed by atoms with Crippen molar-refractivity contribution in [3.8, 4) is 12.3 Å². The number of aliphatic hydroxyl groups excluding tert-OH is 1. The molecule has 0 rings (SSSR count). The molecule has 1 atom stereocenters. The number of rotatable bonds is 2. The Morgan fingerprint density at radius 1 is 1.50 bits per heavy atom. The van der Waals surface area contributed by atoms with Crippen molar-refractivity contribution in [2.75, 3.05) is 0 Å². The molecule has 0 aliphatic rings. The predicted octanol–water partition coefficient (Wildman–Crippen LogP) is 1.32. The third-order valence-electron chi connectivity index (χ3n) is 0.940. The smallest absolute Gasteiger partial charge is 0.384 e. The Hall–Kier alpha value is -0.690. The van der Waals surface area contributed by atoms with E-state index in [1.807, 2.05) is 5.92 Å². The van der Waals surface area contributed by atoms with Crippen molar-refractivity contribution in [1.29, 1.82) is 0 Å². The molecule has 10 heavy (non-hydrogen) atoms. The molecule has 0 heterocycles. The van der Waals surface area contributed by atoms with Gasteiger partial charge in [0.2, 0.25) is 0 Å². The van der Waals surface area contributed by atoms with Gasteiger partial charge in [0.15, 0.2) is 6.10 Å². The molecule has 58 valence electrons. The Labute approximate surface area is 56.9 Å². The van der Waals surface area contributed by atoms with Crippen molar-refractivity contribution in [1.82, 2.24) is 0 Å². The van der Waals surface area contributed by atoms with Crippen LogP contribution in [0.25, 0.3) is 0 Å². The number of hydrogen-bond donors (Lipinski definition) is 1. The van der Waals surface area contributed by atoms with E-state index in [2.05, 4.69) is 0 Å². The summed E-state index contributed by atoms with van der Waals surface area (Å²) in [6.07, 6.45) is -2.59. The molecule has 0 amide bonds. The minimum Gasteiger partial charge on any atom is -0.384 e. The minimum atomic E-state index is -4.53. The molecule has 0 saturated carbocycles. The number of alkyl halides is 3. The fourth-order valence-electron chi connectivity index (χ4n) is 0.384. The van der Waals surface area contributed by atoms with E-state index in [-0.39, 0.29) is 6.42 Å².